The summed E-state index contributed by atoms with van der Waals surface area (Å²) in [5.74, 6) is -0.889. The van der Waals surface area contributed by atoms with Crippen LogP contribution in [-0.2, 0) is 9.53 Å². The van der Waals surface area contributed by atoms with Crippen LogP contribution in [0.2, 0.25) is 5.02 Å². The molecule has 1 N–H and O–H groups in total. The first-order valence-corrected chi connectivity index (χ1v) is 7.18. The summed E-state index contributed by atoms with van der Waals surface area (Å²) >= 11 is 5.88. The minimum atomic E-state index is -1.12. The number of nitro benzene ring substituents is 1. The first-order valence-electron chi connectivity index (χ1n) is 6.80. The molecule has 0 saturated heterocycles. The SMILES string of the molecule is Cc1ccc(C(=O)OC(C)C(=O)Nc2ccc([N+](=O)[O-])cc2Cl)o1. The van der Waals surface area contributed by atoms with Crippen LogP contribution in [0, 0.1) is 17.0 Å². The first-order chi connectivity index (χ1) is 11.3. The molecule has 9 heteroatoms. The van der Waals surface area contributed by atoms with E-state index in [-0.39, 0.29) is 22.2 Å². The molecular weight excluding hydrogens is 340 g/mol. The van der Waals surface area contributed by atoms with Crippen molar-refractivity contribution in [2.24, 2.45) is 0 Å². The lowest BCUT2D eigenvalue weighted by Crippen LogP contribution is -2.30. The quantitative estimate of drug-likeness (QED) is 0.501. The van der Waals surface area contributed by atoms with Gasteiger partial charge in [0.25, 0.3) is 11.6 Å². The normalized spacial score (nSPS) is 11.6. The van der Waals surface area contributed by atoms with Gasteiger partial charge in [0.15, 0.2) is 6.10 Å². The van der Waals surface area contributed by atoms with Crippen molar-refractivity contribution in [3.8, 4) is 0 Å². The molecular formula is C15H13ClN2O6. The van der Waals surface area contributed by atoms with Crippen LogP contribution in [0.25, 0.3) is 0 Å². The Morgan fingerprint density at radius 3 is 2.58 bits per heavy atom. The summed E-state index contributed by atoms with van der Waals surface area (Å²) in [5, 5.41) is 13.1. The highest BCUT2D eigenvalue weighted by molar-refractivity contribution is 6.34. The van der Waals surface area contributed by atoms with Gasteiger partial charge in [-0.25, -0.2) is 4.79 Å². The number of nitrogens with zero attached hydrogens (tertiary/aromatic N) is 1. The molecule has 1 aromatic carbocycles. The number of hydrogen-bond acceptors (Lipinski definition) is 6. The number of anilines is 1. The van der Waals surface area contributed by atoms with E-state index in [1.54, 1.807) is 13.0 Å². The molecule has 126 valence electrons. The fourth-order valence-electron chi connectivity index (χ4n) is 1.77. The number of halogens is 1. The van der Waals surface area contributed by atoms with Crippen molar-refractivity contribution >= 4 is 34.9 Å². The van der Waals surface area contributed by atoms with Crippen molar-refractivity contribution in [2.75, 3.05) is 5.32 Å². The molecule has 0 aliphatic carbocycles. The average molecular weight is 353 g/mol. The van der Waals surface area contributed by atoms with Crippen LogP contribution in [0.4, 0.5) is 11.4 Å². The number of amides is 1. The van der Waals surface area contributed by atoms with E-state index < -0.39 is 22.9 Å². The van der Waals surface area contributed by atoms with Crippen molar-refractivity contribution in [3.63, 3.8) is 0 Å². The van der Waals surface area contributed by atoms with Gasteiger partial charge in [0, 0.05) is 12.1 Å². The first kappa shape index (κ1) is 17.5. The summed E-state index contributed by atoms with van der Waals surface area (Å²) in [6, 6.07) is 6.64. The maximum atomic E-state index is 12.0. The van der Waals surface area contributed by atoms with Crippen LogP contribution < -0.4 is 5.32 Å². The van der Waals surface area contributed by atoms with Gasteiger partial charge in [-0.05, 0) is 32.0 Å². The zero-order chi connectivity index (χ0) is 17.9. The number of aryl methyl sites for hydroxylation is 1. The summed E-state index contributed by atoms with van der Waals surface area (Å²) in [6.07, 6.45) is -1.12. The highest BCUT2D eigenvalue weighted by atomic mass is 35.5. The van der Waals surface area contributed by atoms with Crippen LogP contribution in [0.15, 0.2) is 34.7 Å². The standard InChI is InChI=1S/C15H13ClN2O6/c1-8-3-6-13(23-8)15(20)24-9(2)14(19)17-12-5-4-10(18(21)22)7-11(12)16/h3-7,9H,1-2H3,(H,17,19). The molecule has 1 aromatic heterocycles. The minimum Gasteiger partial charge on any atom is -0.454 e. The van der Waals surface area contributed by atoms with E-state index in [4.69, 9.17) is 20.8 Å². The molecule has 0 radical (unpaired) electrons. The third kappa shape index (κ3) is 4.11. The Kier molecular flexibility index (Phi) is 5.20. The van der Waals surface area contributed by atoms with E-state index in [0.717, 1.165) is 6.07 Å². The number of benzene rings is 1. The molecule has 0 aliphatic rings. The number of carbonyl (C=O) groups excluding carboxylic acids is 2. The summed E-state index contributed by atoms with van der Waals surface area (Å²) in [6.45, 7) is 3.05. The van der Waals surface area contributed by atoms with E-state index in [2.05, 4.69) is 5.32 Å². The molecule has 1 atom stereocenters. The Morgan fingerprint density at radius 2 is 2.04 bits per heavy atom. The summed E-state index contributed by atoms with van der Waals surface area (Å²) < 4.78 is 10.1. The molecule has 0 saturated carbocycles. The minimum absolute atomic E-state index is 0.00210. The number of ether oxygens (including phenoxy) is 1. The largest absolute Gasteiger partial charge is 0.454 e. The van der Waals surface area contributed by atoms with Gasteiger partial charge in [0.2, 0.25) is 5.76 Å². The number of furan rings is 1. The fourth-order valence-corrected chi connectivity index (χ4v) is 1.99. The number of rotatable bonds is 5. The van der Waals surface area contributed by atoms with Gasteiger partial charge in [-0.3, -0.25) is 14.9 Å². The zero-order valence-electron chi connectivity index (χ0n) is 12.7. The van der Waals surface area contributed by atoms with Gasteiger partial charge in [-0.2, -0.15) is 0 Å². The average Bonchev–Trinajstić information content (AvgIpc) is 2.95. The molecule has 2 rings (SSSR count). The Morgan fingerprint density at radius 1 is 1.33 bits per heavy atom. The summed E-state index contributed by atoms with van der Waals surface area (Å²) in [5.41, 5.74) is -0.0327. The van der Waals surface area contributed by atoms with E-state index >= 15 is 0 Å². The molecule has 2 aromatic rings. The fraction of sp³-hybridized carbons (Fsp3) is 0.200. The van der Waals surface area contributed by atoms with Crippen LogP contribution in [0.1, 0.15) is 23.2 Å². The number of nitro groups is 1. The third-order valence-electron chi connectivity index (χ3n) is 3.02. The molecule has 0 bridgehead atoms. The van der Waals surface area contributed by atoms with Gasteiger partial charge in [-0.15, -0.1) is 0 Å². The van der Waals surface area contributed by atoms with Gasteiger partial charge >= 0.3 is 5.97 Å². The predicted octanol–water partition coefficient (Wildman–Crippen LogP) is 3.33. The second kappa shape index (κ2) is 7.14. The summed E-state index contributed by atoms with van der Waals surface area (Å²) in [7, 11) is 0. The molecule has 24 heavy (non-hydrogen) atoms. The second-order valence-electron chi connectivity index (χ2n) is 4.87. The van der Waals surface area contributed by atoms with Crippen LogP contribution >= 0.6 is 11.6 Å². The number of nitrogens with one attached hydrogen (secondary N) is 1. The van der Waals surface area contributed by atoms with Crippen molar-refractivity contribution in [2.45, 2.75) is 20.0 Å². The van der Waals surface area contributed by atoms with Gasteiger partial charge in [0.05, 0.1) is 15.6 Å². The Hall–Kier alpha value is -2.87. The zero-order valence-corrected chi connectivity index (χ0v) is 13.5. The molecule has 1 heterocycles. The van der Waals surface area contributed by atoms with Gasteiger partial charge < -0.3 is 14.5 Å². The van der Waals surface area contributed by atoms with Crippen LogP contribution in [0.3, 0.4) is 0 Å². The topological polar surface area (TPSA) is 112 Å². The molecule has 0 aliphatic heterocycles. The van der Waals surface area contributed by atoms with Crippen molar-refractivity contribution in [3.05, 3.63) is 57.0 Å². The maximum Gasteiger partial charge on any atom is 0.375 e. The second-order valence-corrected chi connectivity index (χ2v) is 5.28. The number of esters is 1. The van der Waals surface area contributed by atoms with E-state index in [1.165, 1.54) is 25.1 Å². The molecule has 1 amide bonds. The molecule has 0 fully saturated rings. The Labute approximate surface area is 141 Å². The number of carbonyl (C=O) groups is 2. The Balaban J connectivity index is 2.01. The Bertz CT molecular complexity index is 801. The number of hydrogen-bond donors (Lipinski definition) is 1. The third-order valence-corrected chi connectivity index (χ3v) is 3.33. The van der Waals surface area contributed by atoms with Crippen molar-refractivity contribution < 1.29 is 23.7 Å². The van der Waals surface area contributed by atoms with E-state index in [9.17, 15) is 19.7 Å². The lowest BCUT2D eigenvalue weighted by molar-refractivity contribution is -0.384. The smallest absolute Gasteiger partial charge is 0.375 e. The molecule has 8 nitrogen and oxygen atoms in total. The monoisotopic (exact) mass is 352 g/mol. The highest BCUT2D eigenvalue weighted by Gasteiger charge is 2.22. The predicted molar refractivity (Wildman–Crippen MR) is 85.1 cm³/mol. The van der Waals surface area contributed by atoms with Crippen molar-refractivity contribution in [1.82, 2.24) is 0 Å². The molecule has 1 unspecified atom stereocenters. The van der Waals surface area contributed by atoms with Crippen LogP contribution in [-0.4, -0.2) is 22.9 Å². The summed E-state index contributed by atoms with van der Waals surface area (Å²) in [4.78, 5) is 33.9. The number of non-ortho nitro benzene ring substituents is 1. The molecule has 0 spiro atoms. The van der Waals surface area contributed by atoms with Gasteiger partial charge in [0.1, 0.15) is 5.76 Å². The van der Waals surface area contributed by atoms with Crippen molar-refractivity contribution in [1.29, 1.82) is 0 Å². The van der Waals surface area contributed by atoms with Crippen LogP contribution in [0.5, 0.6) is 0 Å². The van der Waals surface area contributed by atoms with Gasteiger partial charge in [-0.1, -0.05) is 11.6 Å². The van der Waals surface area contributed by atoms with E-state index in [1.807, 2.05) is 0 Å². The highest BCUT2D eigenvalue weighted by Crippen LogP contribution is 2.26. The maximum absolute atomic E-state index is 12.0. The van der Waals surface area contributed by atoms with E-state index in [0.29, 0.717) is 5.76 Å². The lowest BCUT2D eigenvalue weighted by Gasteiger charge is -2.13. The lowest BCUT2D eigenvalue weighted by atomic mass is 10.2.